The highest BCUT2D eigenvalue weighted by Crippen LogP contribution is 2.32. The van der Waals surface area contributed by atoms with Crippen LogP contribution >= 0.6 is 22.9 Å². The van der Waals surface area contributed by atoms with Crippen molar-refractivity contribution in [2.24, 2.45) is 0 Å². The Balaban J connectivity index is 0.00000289. The highest BCUT2D eigenvalue weighted by atomic mass is 35.5. The standard InChI is InChI=1S/C12H16ClNO2S.CH4/c1-8-7-17-10(3)12(8)14(11(15)5-13)9(2)6-16-4;/h6-7H,5H2,1-4H3;1H4/b9-6+;. The second-order valence-corrected chi connectivity index (χ2v) is 5.03. The van der Waals surface area contributed by atoms with Gasteiger partial charge in [-0.25, -0.2) is 0 Å². The van der Waals surface area contributed by atoms with Crippen LogP contribution in [0.25, 0.3) is 0 Å². The first-order valence-electron chi connectivity index (χ1n) is 5.16. The molecule has 1 aromatic heterocycles. The second-order valence-electron chi connectivity index (χ2n) is 3.68. The lowest BCUT2D eigenvalue weighted by Gasteiger charge is -2.23. The van der Waals surface area contributed by atoms with Gasteiger partial charge < -0.3 is 4.74 Å². The van der Waals surface area contributed by atoms with Crippen LogP contribution in [0.2, 0.25) is 0 Å². The van der Waals surface area contributed by atoms with Crippen LogP contribution in [0.1, 0.15) is 24.8 Å². The fraction of sp³-hybridized carbons (Fsp3) is 0.462. The molecule has 0 saturated heterocycles. The van der Waals surface area contributed by atoms with Gasteiger partial charge in [-0.1, -0.05) is 7.43 Å². The average Bonchev–Trinajstić information content (AvgIpc) is 2.61. The van der Waals surface area contributed by atoms with Gasteiger partial charge in [-0.15, -0.1) is 22.9 Å². The van der Waals surface area contributed by atoms with Gasteiger partial charge in [-0.3, -0.25) is 9.69 Å². The van der Waals surface area contributed by atoms with Gasteiger partial charge in [0.1, 0.15) is 12.1 Å². The fourth-order valence-electron chi connectivity index (χ4n) is 1.68. The Morgan fingerprint density at radius 1 is 1.56 bits per heavy atom. The van der Waals surface area contributed by atoms with Gasteiger partial charge in [0.05, 0.1) is 18.5 Å². The number of anilines is 1. The van der Waals surface area contributed by atoms with E-state index in [0.717, 1.165) is 21.8 Å². The lowest BCUT2D eigenvalue weighted by molar-refractivity contribution is -0.115. The molecule has 0 aliphatic carbocycles. The minimum atomic E-state index is -0.151. The maximum Gasteiger partial charge on any atom is 0.246 e. The molecule has 0 saturated carbocycles. The summed E-state index contributed by atoms with van der Waals surface area (Å²) in [5.74, 6) is -0.203. The van der Waals surface area contributed by atoms with Gasteiger partial charge in [0.2, 0.25) is 5.91 Å². The maximum atomic E-state index is 11.9. The molecule has 1 heterocycles. The van der Waals surface area contributed by atoms with Gasteiger partial charge in [-0.05, 0) is 31.7 Å². The molecule has 102 valence electrons. The molecule has 0 radical (unpaired) electrons. The van der Waals surface area contributed by atoms with Crippen LogP contribution in [0.3, 0.4) is 0 Å². The fourth-order valence-corrected chi connectivity index (χ4v) is 2.63. The Hall–Kier alpha value is -1.000. The second kappa shape index (κ2) is 7.44. The summed E-state index contributed by atoms with van der Waals surface area (Å²) in [6.45, 7) is 5.79. The van der Waals surface area contributed by atoms with Crippen LogP contribution in [-0.4, -0.2) is 18.9 Å². The molecule has 0 spiro atoms. The number of hydrogen-bond donors (Lipinski definition) is 0. The molecule has 0 fully saturated rings. The van der Waals surface area contributed by atoms with E-state index < -0.39 is 0 Å². The van der Waals surface area contributed by atoms with Crippen molar-refractivity contribution in [1.82, 2.24) is 0 Å². The van der Waals surface area contributed by atoms with Crippen molar-refractivity contribution in [3.63, 3.8) is 0 Å². The number of thiophene rings is 1. The molecule has 1 amide bonds. The Bertz CT molecular complexity index is 421. The smallest absolute Gasteiger partial charge is 0.246 e. The number of hydrogen-bond acceptors (Lipinski definition) is 3. The van der Waals surface area contributed by atoms with E-state index in [1.807, 2.05) is 26.2 Å². The van der Waals surface area contributed by atoms with Crippen LogP contribution in [0, 0.1) is 13.8 Å². The van der Waals surface area contributed by atoms with E-state index in [1.165, 1.54) is 0 Å². The van der Waals surface area contributed by atoms with Gasteiger partial charge in [0.15, 0.2) is 0 Å². The van der Waals surface area contributed by atoms with E-state index in [2.05, 4.69) is 0 Å². The van der Waals surface area contributed by atoms with E-state index >= 15 is 0 Å². The number of methoxy groups -OCH3 is 1. The summed E-state index contributed by atoms with van der Waals surface area (Å²) in [4.78, 5) is 14.6. The predicted molar refractivity (Wildman–Crippen MR) is 79.5 cm³/mol. The molecule has 5 heteroatoms. The third-order valence-corrected chi connectivity index (χ3v) is 3.59. The Kier molecular flexibility index (Phi) is 7.02. The lowest BCUT2D eigenvalue weighted by Crippen LogP contribution is -2.31. The molecule has 1 aromatic rings. The first kappa shape index (κ1) is 17.0. The number of nitrogens with zero attached hydrogens (tertiary/aromatic N) is 1. The molecule has 3 nitrogen and oxygen atoms in total. The van der Waals surface area contributed by atoms with E-state index in [1.54, 1.807) is 29.6 Å². The highest BCUT2D eigenvalue weighted by molar-refractivity contribution is 7.10. The number of alkyl halides is 1. The Morgan fingerprint density at radius 2 is 2.17 bits per heavy atom. The Labute approximate surface area is 118 Å². The minimum Gasteiger partial charge on any atom is -0.503 e. The van der Waals surface area contributed by atoms with E-state index in [4.69, 9.17) is 16.3 Å². The number of carbonyl (C=O) groups excluding carboxylic acids is 1. The predicted octanol–water partition coefficient (Wildman–Crippen LogP) is 4.08. The van der Waals surface area contributed by atoms with Crippen LogP contribution in [0.15, 0.2) is 17.3 Å². The summed E-state index contributed by atoms with van der Waals surface area (Å²) in [5, 5.41) is 2.03. The zero-order valence-corrected chi connectivity index (χ0v) is 12.0. The molecule has 0 atom stereocenters. The molecule has 0 aliphatic rings. The van der Waals surface area contributed by atoms with Gasteiger partial charge in [-0.2, -0.15) is 0 Å². The van der Waals surface area contributed by atoms with Crippen molar-refractivity contribution >= 4 is 34.5 Å². The van der Waals surface area contributed by atoms with Crippen LogP contribution < -0.4 is 4.90 Å². The summed E-state index contributed by atoms with van der Waals surface area (Å²) >= 11 is 7.27. The zero-order chi connectivity index (χ0) is 13.0. The van der Waals surface area contributed by atoms with Crippen molar-refractivity contribution < 1.29 is 9.53 Å². The molecule has 1 rings (SSSR count). The summed E-state index contributed by atoms with van der Waals surface area (Å²) in [6.07, 6.45) is 1.54. The van der Waals surface area contributed by atoms with Gasteiger partial charge >= 0.3 is 0 Å². The van der Waals surface area contributed by atoms with Crippen molar-refractivity contribution in [1.29, 1.82) is 0 Å². The third kappa shape index (κ3) is 3.50. The summed E-state index contributed by atoms with van der Waals surface area (Å²) in [6, 6.07) is 0. The minimum absolute atomic E-state index is 0. The summed E-state index contributed by atoms with van der Waals surface area (Å²) < 4.78 is 4.96. The first-order chi connectivity index (χ1) is 8.02. The van der Waals surface area contributed by atoms with Crippen molar-refractivity contribution in [2.75, 3.05) is 17.9 Å². The SMILES string of the molecule is C.CO/C=C(\C)N(C(=O)CCl)c1c(C)csc1C. The monoisotopic (exact) mass is 289 g/mol. The Morgan fingerprint density at radius 3 is 2.56 bits per heavy atom. The largest absolute Gasteiger partial charge is 0.503 e. The number of rotatable bonds is 4. The zero-order valence-electron chi connectivity index (χ0n) is 10.4. The quantitative estimate of drug-likeness (QED) is 0.617. The molecule has 0 unspecified atom stereocenters. The number of aryl methyl sites for hydroxylation is 2. The highest BCUT2D eigenvalue weighted by Gasteiger charge is 2.21. The van der Waals surface area contributed by atoms with E-state index in [-0.39, 0.29) is 19.2 Å². The number of halogens is 1. The van der Waals surface area contributed by atoms with Crippen LogP contribution in [-0.2, 0) is 9.53 Å². The van der Waals surface area contributed by atoms with Crippen LogP contribution in [0.4, 0.5) is 5.69 Å². The molecular weight excluding hydrogens is 270 g/mol. The molecule has 0 aliphatic heterocycles. The lowest BCUT2D eigenvalue weighted by atomic mass is 10.2. The molecular formula is C13H20ClNO2S. The summed E-state index contributed by atoms with van der Waals surface area (Å²) in [7, 11) is 1.56. The van der Waals surface area contributed by atoms with E-state index in [0.29, 0.717) is 0 Å². The van der Waals surface area contributed by atoms with E-state index in [9.17, 15) is 4.79 Å². The van der Waals surface area contributed by atoms with Gasteiger partial charge in [0, 0.05) is 4.88 Å². The molecule has 0 bridgehead atoms. The number of amides is 1. The third-order valence-electron chi connectivity index (χ3n) is 2.35. The molecule has 18 heavy (non-hydrogen) atoms. The molecule has 0 aromatic carbocycles. The maximum absolute atomic E-state index is 11.9. The van der Waals surface area contributed by atoms with Crippen LogP contribution in [0.5, 0.6) is 0 Å². The normalized spacial score (nSPS) is 10.8. The summed E-state index contributed by atoms with van der Waals surface area (Å²) in [5.41, 5.74) is 2.70. The molecule has 0 N–H and O–H groups in total. The number of ether oxygens (including phenoxy) is 1. The average molecular weight is 290 g/mol. The topological polar surface area (TPSA) is 29.5 Å². The number of carbonyl (C=O) groups is 1. The van der Waals surface area contributed by atoms with Crippen molar-refractivity contribution in [3.8, 4) is 0 Å². The van der Waals surface area contributed by atoms with Gasteiger partial charge in [0.25, 0.3) is 0 Å². The van der Waals surface area contributed by atoms with Crippen molar-refractivity contribution in [3.05, 3.63) is 27.8 Å². The van der Waals surface area contributed by atoms with Crippen molar-refractivity contribution in [2.45, 2.75) is 28.2 Å². The number of allylic oxidation sites excluding steroid dienone is 1. The first-order valence-corrected chi connectivity index (χ1v) is 6.57.